The zero-order valence-corrected chi connectivity index (χ0v) is 17.8. The van der Waals surface area contributed by atoms with Crippen LogP contribution in [0.4, 0.5) is 16.4 Å². The van der Waals surface area contributed by atoms with E-state index >= 15 is 0 Å². The number of ether oxygens (including phenoxy) is 2. The standard InChI is InChI=1S/C14H13N5O3.C6H7N3O2/c1-22-13(20)11-2-3-12(18-17-11)16-14(21)19-7-9-4-5-15-6-10(9)8-19;1-11-6(10)4-2-3-5(7)9-8-4/h2-6H,7-8H2,1H3,(H,16,18,21);2-3H,1H3,(H2,7,9). The fourth-order valence-electron chi connectivity index (χ4n) is 2.72. The van der Waals surface area contributed by atoms with Gasteiger partial charge in [-0.05, 0) is 41.5 Å². The van der Waals surface area contributed by atoms with Crippen molar-refractivity contribution in [3.8, 4) is 0 Å². The van der Waals surface area contributed by atoms with Gasteiger partial charge in [0.05, 0.1) is 14.2 Å². The molecule has 170 valence electrons. The third kappa shape index (κ3) is 5.94. The van der Waals surface area contributed by atoms with Crippen molar-refractivity contribution in [1.82, 2.24) is 30.3 Å². The molecule has 0 saturated carbocycles. The van der Waals surface area contributed by atoms with Crippen LogP contribution in [0.2, 0.25) is 0 Å². The maximum atomic E-state index is 12.2. The minimum atomic E-state index is -0.576. The second kappa shape index (κ2) is 10.6. The zero-order chi connectivity index (χ0) is 23.8. The van der Waals surface area contributed by atoms with E-state index in [1.54, 1.807) is 17.3 Å². The Hall–Kier alpha value is -4.68. The summed E-state index contributed by atoms with van der Waals surface area (Å²) in [4.78, 5) is 39.9. The molecule has 1 aliphatic heterocycles. The van der Waals surface area contributed by atoms with E-state index in [1.165, 1.54) is 38.5 Å². The van der Waals surface area contributed by atoms with Gasteiger partial charge < -0.3 is 20.1 Å². The molecule has 33 heavy (non-hydrogen) atoms. The van der Waals surface area contributed by atoms with Crippen LogP contribution in [0.1, 0.15) is 32.1 Å². The van der Waals surface area contributed by atoms with Crippen molar-refractivity contribution in [3.63, 3.8) is 0 Å². The molecular weight excluding hydrogens is 432 g/mol. The second-order valence-corrected chi connectivity index (χ2v) is 6.56. The van der Waals surface area contributed by atoms with E-state index in [4.69, 9.17) is 5.73 Å². The molecule has 0 fully saturated rings. The van der Waals surface area contributed by atoms with Crippen LogP contribution in [0, 0.1) is 0 Å². The van der Waals surface area contributed by atoms with Crippen molar-refractivity contribution < 1.29 is 23.9 Å². The lowest BCUT2D eigenvalue weighted by atomic mass is 10.2. The predicted molar refractivity (Wildman–Crippen MR) is 114 cm³/mol. The van der Waals surface area contributed by atoms with Gasteiger partial charge in [-0.3, -0.25) is 10.3 Å². The number of nitrogens with two attached hydrogens (primary N) is 1. The van der Waals surface area contributed by atoms with Gasteiger partial charge in [-0.25, -0.2) is 14.4 Å². The Balaban J connectivity index is 0.000000235. The lowest BCUT2D eigenvalue weighted by Gasteiger charge is -2.15. The SMILES string of the molecule is COC(=O)c1ccc(N)nn1.COC(=O)c1ccc(NC(=O)N2Cc3ccncc3C2)nn1. The van der Waals surface area contributed by atoms with Crippen molar-refractivity contribution >= 4 is 29.6 Å². The normalized spacial score (nSPS) is 11.5. The first-order chi connectivity index (χ1) is 15.9. The number of urea groups is 1. The zero-order valence-electron chi connectivity index (χ0n) is 17.8. The molecule has 0 bridgehead atoms. The number of fused-ring (bicyclic) bond motifs is 1. The number of nitrogens with one attached hydrogen (secondary N) is 1. The molecule has 13 heteroatoms. The summed E-state index contributed by atoms with van der Waals surface area (Å²) in [5.41, 5.74) is 7.59. The number of esters is 2. The number of rotatable bonds is 3. The van der Waals surface area contributed by atoms with E-state index in [0.717, 1.165) is 11.1 Å². The molecule has 0 spiro atoms. The van der Waals surface area contributed by atoms with Gasteiger partial charge in [-0.2, -0.15) is 0 Å². The second-order valence-electron chi connectivity index (χ2n) is 6.56. The number of anilines is 2. The Morgan fingerprint density at radius 3 is 2.06 bits per heavy atom. The highest BCUT2D eigenvalue weighted by molar-refractivity contribution is 5.90. The molecule has 0 unspecified atom stereocenters. The van der Waals surface area contributed by atoms with E-state index in [1.807, 2.05) is 6.07 Å². The minimum Gasteiger partial charge on any atom is -0.464 e. The van der Waals surface area contributed by atoms with E-state index in [0.29, 0.717) is 13.1 Å². The Bertz CT molecular complexity index is 1110. The summed E-state index contributed by atoms with van der Waals surface area (Å²) in [6, 6.07) is 7.50. The van der Waals surface area contributed by atoms with Gasteiger partial charge in [0, 0.05) is 25.5 Å². The summed E-state index contributed by atoms with van der Waals surface area (Å²) in [6.07, 6.45) is 3.46. The molecular formula is C20H20N8O5. The highest BCUT2D eigenvalue weighted by Crippen LogP contribution is 2.21. The maximum absolute atomic E-state index is 12.2. The van der Waals surface area contributed by atoms with Crippen molar-refractivity contribution in [3.05, 3.63) is 65.2 Å². The molecule has 3 N–H and O–H groups in total. The maximum Gasteiger partial charge on any atom is 0.358 e. The van der Waals surface area contributed by atoms with Crippen molar-refractivity contribution in [1.29, 1.82) is 0 Å². The van der Waals surface area contributed by atoms with Gasteiger partial charge in [-0.15, -0.1) is 20.4 Å². The average molecular weight is 452 g/mol. The Kier molecular flexibility index (Phi) is 7.36. The fraction of sp³-hybridized carbons (Fsp3) is 0.200. The summed E-state index contributed by atoms with van der Waals surface area (Å²) in [6.45, 7) is 1.03. The smallest absolute Gasteiger partial charge is 0.358 e. The third-order valence-corrected chi connectivity index (χ3v) is 4.39. The lowest BCUT2D eigenvalue weighted by molar-refractivity contribution is 0.0584. The van der Waals surface area contributed by atoms with Crippen LogP contribution in [0.15, 0.2) is 42.7 Å². The van der Waals surface area contributed by atoms with Gasteiger partial charge >= 0.3 is 18.0 Å². The van der Waals surface area contributed by atoms with E-state index in [2.05, 4.69) is 40.2 Å². The quantitative estimate of drug-likeness (QED) is 0.543. The van der Waals surface area contributed by atoms with E-state index in [-0.39, 0.29) is 29.1 Å². The topological polar surface area (TPSA) is 175 Å². The van der Waals surface area contributed by atoms with Crippen molar-refractivity contribution in [2.45, 2.75) is 13.1 Å². The van der Waals surface area contributed by atoms with Crippen molar-refractivity contribution in [2.24, 2.45) is 0 Å². The number of nitrogens with zero attached hydrogens (tertiary/aromatic N) is 6. The third-order valence-electron chi connectivity index (χ3n) is 4.39. The van der Waals surface area contributed by atoms with Crippen LogP contribution >= 0.6 is 0 Å². The molecule has 0 atom stereocenters. The van der Waals surface area contributed by atoms with Crippen LogP contribution in [0.5, 0.6) is 0 Å². The molecule has 13 nitrogen and oxygen atoms in total. The number of nitrogen functional groups attached to an aromatic ring is 1. The summed E-state index contributed by atoms with van der Waals surface area (Å²) in [7, 11) is 2.54. The highest BCUT2D eigenvalue weighted by atomic mass is 16.5. The molecule has 0 saturated heterocycles. The molecule has 1 aliphatic rings. The van der Waals surface area contributed by atoms with Crippen LogP contribution in [-0.2, 0) is 22.6 Å². The minimum absolute atomic E-state index is 0.0835. The summed E-state index contributed by atoms with van der Waals surface area (Å²) in [5, 5.41) is 17.1. The molecule has 0 aromatic carbocycles. The van der Waals surface area contributed by atoms with E-state index < -0.39 is 11.9 Å². The first-order valence-electron chi connectivity index (χ1n) is 9.48. The van der Waals surface area contributed by atoms with Gasteiger partial charge in [0.25, 0.3) is 0 Å². The lowest BCUT2D eigenvalue weighted by Crippen LogP contribution is -2.30. The van der Waals surface area contributed by atoms with Crippen LogP contribution < -0.4 is 11.1 Å². The molecule has 4 heterocycles. The molecule has 0 aliphatic carbocycles. The Labute approximate surface area is 187 Å². The van der Waals surface area contributed by atoms with Crippen molar-refractivity contribution in [2.75, 3.05) is 25.3 Å². The number of carbonyl (C=O) groups excluding carboxylic acids is 3. The van der Waals surface area contributed by atoms with Crippen LogP contribution in [-0.4, -0.2) is 62.5 Å². The molecule has 3 aromatic rings. The predicted octanol–water partition coefficient (Wildman–Crippen LogP) is 1.05. The number of pyridine rings is 1. The summed E-state index contributed by atoms with van der Waals surface area (Å²) < 4.78 is 8.93. The van der Waals surface area contributed by atoms with Crippen LogP contribution in [0.25, 0.3) is 0 Å². The van der Waals surface area contributed by atoms with Gasteiger partial charge in [0.2, 0.25) is 0 Å². The first-order valence-corrected chi connectivity index (χ1v) is 9.48. The summed E-state index contributed by atoms with van der Waals surface area (Å²) >= 11 is 0. The highest BCUT2D eigenvalue weighted by Gasteiger charge is 2.23. The molecule has 2 amide bonds. The fourth-order valence-corrected chi connectivity index (χ4v) is 2.72. The number of aromatic nitrogens is 5. The molecule has 4 rings (SSSR count). The summed E-state index contributed by atoms with van der Waals surface area (Å²) in [5.74, 6) is -0.547. The largest absolute Gasteiger partial charge is 0.464 e. The van der Waals surface area contributed by atoms with Crippen LogP contribution in [0.3, 0.4) is 0 Å². The van der Waals surface area contributed by atoms with Gasteiger partial charge in [-0.1, -0.05) is 0 Å². The number of methoxy groups -OCH3 is 2. The monoisotopic (exact) mass is 452 g/mol. The Morgan fingerprint density at radius 1 is 0.879 bits per heavy atom. The molecule has 0 radical (unpaired) electrons. The Morgan fingerprint density at radius 2 is 1.52 bits per heavy atom. The van der Waals surface area contributed by atoms with E-state index in [9.17, 15) is 14.4 Å². The number of hydrogen-bond donors (Lipinski definition) is 2. The first kappa shape index (κ1) is 23.0. The molecule has 3 aromatic heterocycles. The number of hydrogen-bond acceptors (Lipinski definition) is 11. The number of carbonyl (C=O) groups is 3. The average Bonchev–Trinajstić information content (AvgIpc) is 3.29. The number of amides is 2. The van der Waals surface area contributed by atoms with Gasteiger partial charge in [0.1, 0.15) is 5.82 Å². The van der Waals surface area contributed by atoms with Gasteiger partial charge in [0.15, 0.2) is 17.2 Å².